The van der Waals surface area contributed by atoms with Crippen LogP contribution in [0, 0.1) is 5.92 Å². The summed E-state index contributed by atoms with van der Waals surface area (Å²) < 4.78 is 24.6. The van der Waals surface area contributed by atoms with Gasteiger partial charge < -0.3 is 29.0 Å². The van der Waals surface area contributed by atoms with Gasteiger partial charge in [-0.25, -0.2) is 4.79 Å². The average molecular weight is 562 g/mol. The van der Waals surface area contributed by atoms with Crippen molar-refractivity contribution >= 4 is 23.5 Å². The number of hydrogen-bond acceptors (Lipinski definition) is 8. The molecule has 0 radical (unpaired) electrons. The van der Waals surface area contributed by atoms with Gasteiger partial charge in [-0.3, -0.25) is 9.48 Å². The fourth-order valence-electron chi connectivity index (χ4n) is 6.25. The van der Waals surface area contributed by atoms with E-state index in [-0.39, 0.29) is 39.9 Å². The number of carbonyl (C=O) groups excluding carboxylic acids is 2. The Morgan fingerprint density at radius 2 is 1.85 bits per heavy atom. The Kier molecular flexibility index (Phi) is 6.78. The van der Waals surface area contributed by atoms with Gasteiger partial charge >= 0.3 is 6.09 Å². The number of amides is 1. The van der Waals surface area contributed by atoms with E-state index < -0.39 is 23.2 Å². The lowest BCUT2D eigenvalue weighted by Gasteiger charge is -2.41. The van der Waals surface area contributed by atoms with E-state index in [4.69, 9.17) is 35.6 Å². The Hall–Kier alpha value is -2.98. The Balaban J connectivity index is 1.49. The number of benzene rings is 1. The number of ketones is 1. The van der Waals surface area contributed by atoms with Crippen LogP contribution in [0.3, 0.4) is 0 Å². The molecule has 1 amide bonds. The Labute approximate surface area is 233 Å². The summed E-state index contributed by atoms with van der Waals surface area (Å²) in [5.74, 6) is 0.00169. The molecule has 10 nitrogen and oxygen atoms in total. The number of piperidine rings is 1. The standard InChI is InChI=1S/C28H36ClN3O7/c1-14-12-16-19(22(31(5)30-16)15-8-10-32(11-9-15)26(35)39-27(2,3)4)24(33)28(14)25(34)20-17(36-6)13-18(37-7)21(29)23(20)38-28/h13-15,24,33H,8-12H2,1-7H3/t14-,24?,28+/m1/s1. The third kappa shape index (κ3) is 4.23. The summed E-state index contributed by atoms with van der Waals surface area (Å²) in [7, 11) is 4.79. The van der Waals surface area contributed by atoms with Crippen molar-refractivity contribution in [3.8, 4) is 17.2 Å². The number of aliphatic hydroxyl groups is 1. The summed E-state index contributed by atoms with van der Waals surface area (Å²) >= 11 is 6.58. The highest BCUT2D eigenvalue weighted by atomic mass is 35.5. The smallest absolute Gasteiger partial charge is 0.410 e. The number of rotatable bonds is 3. The van der Waals surface area contributed by atoms with Crippen LogP contribution < -0.4 is 14.2 Å². The van der Waals surface area contributed by atoms with Gasteiger partial charge in [-0.15, -0.1) is 0 Å². The van der Waals surface area contributed by atoms with Crippen molar-refractivity contribution < 1.29 is 33.6 Å². The minimum Gasteiger partial charge on any atom is -0.496 e. The number of ether oxygens (including phenoxy) is 4. The van der Waals surface area contributed by atoms with E-state index in [1.165, 1.54) is 14.2 Å². The van der Waals surface area contributed by atoms with Crippen molar-refractivity contribution in [1.29, 1.82) is 0 Å². The van der Waals surface area contributed by atoms with Crippen molar-refractivity contribution in [1.82, 2.24) is 14.7 Å². The van der Waals surface area contributed by atoms with Crippen molar-refractivity contribution in [3.05, 3.63) is 33.6 Å². The molecule has 2 aliphatic heterocycles. The molecule has 1 aromatic carbocycles. The summed E-state index contributed by atoms with van der Waals surface area (Å²) in [6.07, 6.45) is 0.173. The molecule has 1 unspecified atom stereocenters. The van der Waals surface area contributed by atoms with Gasteiger partial charge in [0, 0.05) is 49.3 Å². The molecule has 1 aliphatic carbocycles. The molecule has 5 rings (SSSR count). The molecule has 1 N–H and O–H groups in total. The van der Waals surface area contributed by atoms with Crippen LogP contribution in [0.4, 0.5) is 4.79 Å². The van der Waals surface area contributed by atoms with Crippen LogP contribution >= 0.6 is 11.6 Å². The Morgan fingerprint density at radius 3 is 2.44 bits per heavy atom. The van der Waals surface area contributed by atoms with E-state index in [1.807, 2.05) is 34.7 Å². The number of hydrogen-bond donors (Lipinski definition) is 1. The predicted molar refractivity (Wildman–Crippen MR) is 143 cm³/mol. The number of aromatic nitrogens is 2. The molecule has 1 saturated heterocycles. The van der Waals surface area contributed by atoms with Gasteiger partial charge in [0.1, 0.15) is 33.8 Å². The number of fused-ring (bicyclic) bond motifs is 2. The number of aryl methyl sites for hydroxylation is 1. The first kappa shape index (κ1) is 27.6. The molecule has 212 valence electrons. The molecule has 3 heterocycles. The molecule has 1 aromatic heterocycles. The zero-order valence-corrected chi connectivity index (χ0v) is 24.2. The highest BCUT2D eigenvalue weighted by Gasteiger charge is 2.62. The molecule has 3 atom stereocenters. The van der Waals surface area contributed by atoms with Crippen LogP contribution in [0.5, 0.6) is 17.2 Å². The Morgan fingerprint density at radius 1 is 1.21 bits per heavy atom. The lowest BCUT2D eigenvalue weighted by atomic mass is 9.69. The molecular weight excluding hydrogens is 526 g/mol. The SMILES string of the molecule is COc1cc(OC)c2c(c1Cl)O[C@]1(C2=O)C(O)c2c(nn(C)c2C2CCN(C(=O)OC(C)(C)C)CC2)C[C@H]1C. The molecule has 3 aliphatic rings. The maximum atomic E-state index is 14.1. The van der Waals surface area contributed by atoms with E-state index in [9.17, 15) is 14.7 Å². The minimum atomic E-state index is -1.59. The summed E-state index contributed by atoms with van der Waals surface area (Å²) in [5.41, 5.74) is 0.272. The molecule has 1 fully saturated rings. The number of aliphatic hydroxyl groups excluding tert-OH is 1. The highest BCUT2D eigenvalue weighted by molar-refractivity contribution is 6.35. The van der Waals surface area contributed by atoms with Crippen LogP contribution in [0.1, 0.15) is 79.9 Å². The van der Waals surface area contributed by atoms with E-state index in [2.05, 4.69) is 0 Å². The van der Waals surface area contributed by atoms with Crippen molar-refractivity contribution in [2.45, 2.75) is 70.2 Å². The quantitative estimate of drug-likeness (QED) is 0.585. The maximum absolute atomic E-state index is 14.1. The lowest BCUT2D eigenvalue weighted by molar-refractivity contribution is -0.0643. The predicted octanol–water partition coefficient (Wildman–Crippen LogP) is 4.44. The van der Waals surface area contributed by atoms with Gasteiger partial charge in [-0.2, -0.15) is 5.10 Å². The first-order valence-electron chi connectivity index (χ1n) is 13.2. The largest absolute Gasteiger partial charge is 0.496 e. The molecule has 0 saturated carbocycles. The van der Waals surface area contributed by atoms with Crippen LogP contribution in [-0.4, -0.2) is 70.2 Å². The first-order valence-corrected chi connectivity index (χ1v) is 13.6. The fourth-order valence-corrected chi connectivity index (χ4v) is 6.52. The number of nitrogens with zero attached hydrogens (tertiary/aromatic N) is 3. The van der Waals surface area contributed by atoms with Crippen LogP contribution in [0.25, 0.3) is 0 Å². The number of methoxy groups -OCH3 is 2. The molecular formula is C28H36ClN3O7. The topological polar surface area (TPSA) is 112 Å². The van der Waals surface area contributed by atoms with E-state index >= 15 is 0 Å². The number of carbonyl (C=O) groups is 2. The number of likely N-dealkylation sites (tertiary alicyclic amines) is 1. The second-order valence-electron chi connectivity index (χ2n) is 11.6. The van der Waals surface area contributed by atoms with Crippen molar-refractivity contribution in [3.63, 3.8) is 0 Å². The van der Waals surface area contributed by atoms with Gasteiger partial charge in [-0.1, -0.05) is 18.5 Å². The molecule has 39 heavy (non-hydrogen) atoms. The van der Waals surface area contributed by atoms with Crippen LogP contribution in [0.2, 0.25) is 5.02 Å². The average Bonchev–Trinajstić information content (AvgIpc) is 3.37. The van der Waals surface area contributed by atoms with E-state index in [0.29, 0.717) is 43.7 Å². The summed E-state index contributed by atoms with van der Waals surface area (Å²) in [6, 6.07) is 1.56. The summed E-state index contributed by atoms with van der Waals surface area (Å²) in [5, 5.41) is 16.9. The van der Waals surface area contributed by atoms with Crippen LogP contribution in [-0.2, 0) is 18.2 Å². The third-order valence-electron chi connectivity index (χ3n) is 8.09. The molecule has 1 spiro atoms. The number of Topliss-reactive ketones (excluding diaryl/α,β-unsaturated/α-hetero) is 1. The summed E-state index contributed by atoms with van der Waals surface area (Å²) in [4.78, 5) is 28.4. The van der Waals surface area contributed by atoms with Gasteiger partial charge in [0.2, 0.25) is 11.4 Å². The fraction of sp³-hybridized carbons (Fsp3) is 0.607. The second kappa shape index (κ2) is 9.59. The summed E-state index contributed by atoms with van der Waals surface area (Å²) in [6.45, 7) is 8.46. The van der Waals surface area contributed by atoms with E-state index in [1.54, 1.807) is 15.6 Å². The normalized spacial score (nSPS) is 24.8. The zero-order valence-electron chi connectivity index (χ0n) is 23.5. The van der Waals surface area contributed by atoms with E-state index in [0.717, 1.165) is 11.4 Å². The lowest BCUT2D eigenvalue weighted by Crippen LogP contribution is -2.55. The third-order valence-corrected chi connectivity index (χ3v) is 8.45. The van der Waals surface area contributed by atoms with Gasteiger partial charge in [0.25, 0.3) is 0 Å². The second-order valence-corrected chi connectivity index (χ2v) is 12.0. The highest BCUT2D eigenvalue weighted by Crippen LogP contribution is 2.57. The Bertz CT molecular complexity index is 1330. The zero-order chi connectivity index (χ0) is 28.4. The van der Waals surface area contributed by atoms with Gasteiger partial charge in [0.15, 0.2) is 5.75 Å². The monoisotopic (exact) mass is 561 g/mol. The molecule has 11 heteroatoms. The van der Waals surface area contributed by atoms with Crippen molar-refractivity contribution in [2.24, 2.45) is 13.0 Å². The number of halogens is 1. The molecule has 0 bridgehead atoms. The van der Waals surface area contributed by atoms with Gasteiger partial charge in [0.05, 0.1) is 19.9 Å². The maximum Gasteiger partial charge on any atom is 0.410 e. The molecule has 2 aromatic rings. The van der Waals surface area contributed by atoms with Crippen LogP contribution in [0.15, 0.2) is 6.07 Å². The van der Waals surface area contributed by atoms with Gasteiger partial charge in [-0.05, 0) is 40.0 Å². The van der Waals surface area contributed by atoms with Crippen molar-refractivity contribution in [2.75, 3.05) is 27.3 Å². The first-order chi connectivity index (χ1) is 18.3. The minimum absolute atomic E-state index is 0.0298.